The number of carbonyl (C=O) groups excluding carboxylic acids is 1. The number of hydrogen-bond donors (Lipinski definition) is 1. The molecule has 0 atom stereocenters. The minimum absolute atomic E-state index is 0.292. The third-order valence-electron chi connectivity index (χ3n) is 2.90. The lowest BCUT2D eigenvalue weighted by atomic mass is 10.1. The second-order valence-corrected chi connectivity index (χ2v) is 4.51. The average Bonchev–Trinajstić information content (AvgIpc) is 2.26. The third-order valence-corrected chi connectivity index (χ3v) is 2.90. The van der Waals surface area contributed by atoms with Crippen LogP contribution < -0.4 is 5.73 Å². The number of unbranched alkanes of at least 4 members (excludes halogenated alkanes) is 8. The molecule has 0 saturated heterocycles. The Balaban J connectivity index is 3.21. The van der Waals surface area contributed by atoms with E-state index in [-0.39, 0.29) is 5.91 Å². The van der Waals surface area contributed by atoms with Crippen molar-refractivity contribution in [2.45, 2.75) is 71.6 Å². The fraction of sp³-hybridized carbons (Fsp3) is 0.786. The highest BCUT2D eigenvalue weighted by molar-refractivity contribution is 5.91. The molecule has 0 saturated carbocycles. The number of nitrogens with two attached hydrogens (primary N) is 1. The van der Waals surface area contributed by atoms with Gasteiger partial charge in [0, 0.05) is 5.57 Å². The number of hydrogen-bond acceptors (Lipinski definition) is 1. The zero-order chi connectivity index (χ0) is 12.2. The van der Waals surface area contributed by atoms with Gasteiger partial charge in [0.05, 0.1) is 0 Å². The second kappa shape index (κ2) is 10.7. The molecule has 0 heterocycles. The van der Waals surface area contributed by atoms with Crippen molar-refractivity contribution in [3.05, 3.63) is 11.6 Å². The van der Waals surface area contributed by atoms with Crippen LogP contribution in [0.3, 0.4) is 0 Å². The van der Waals surface area contributed by atoms with Crippen LogP contribution in [0.1, 0.15) is 71.6 Å². The molecule has 2 heteroatoms. The maximum atomic E-state index is 10.7. The summed E-state index contributed by atoms with van der Waals surface area (Å²) in [6.07, 6.45) is 13.5. The van der Waals surface area contributed by atoms with Gasteiger partial charge in [-0.15, -0.1) is 0 Å². The SMILES string of the molecule is CCCCCCCCCCC=C(C)C(N)=O. The Morgan fingerprint density at radius 1 is 1.00 bits per heavy atom. The summed E-state index contributed by atoms with van der Waals surface area (Å²) in [5.74, 6) is -0.292. The molecule has 16 heavy (non-hydrogen) atoms. The van der Waals surface area contributed by atoms with Gasteiger partial charge >= 0.3 is 0 Å². The Morgan fingerprint density at radius 3 is 2.00 bits per heavy atom. The van der Waals surface area contributed by atoms with Gasteiger partial charge < -0.3 is 5.73 Å². The van der Waals surface area contributed by atoms with Crippen LogP contribution in [-0.2, 0) is 4.79 Å². The number of amides is 1. The van der Waals surface area contributed by atoms with Gasteiger partial charge in [-0.25, -0.2) is 0 Å². The van der Waals surface area contributed by atoms with E-state index in [1.165, 1.54) is 51.4 Å². The molecule has 0 fully saturated rings. The lowest BCUT2D eigenvalue weighted by Gasteiger charge is -2.00. The van der Waals surface area contributed by atoms with E-state index < -0.39 is 0 Å². The Bertz CT molecular complexity index is 209. The highest BCUT2D eigenvalue weighted by Gasteiger charge is 1.95. The summed E-state index contributed by atoms with van der Waals surface area (Å²) in [5, 5.41) is 0. The Morgan fingerprint density at radius 2 is 1.50 bits per heavy atom. The van der Waals surface area contributed by atoms with Gasteiger partial charge in [-0.05, 0) is 19.8 Å². The Labute approximate surface area is 100 Å². The predicted molar refractivity (Wildman–Crippen MR) is 70.2 cm³/mol. The molecule has 0 aromatic heterocycles. The van der Waals surface area contributed by atoms with E-state index in [0.717, 1.165) is 6.42 Å². The van der Waals surface area contributed by atoms with E-state index in [1.54, 1.807) is 6.92 Å². The molecular weight excluding hydrogens is 198 g/mol. The monoisotopic (exact) mass is 225 g/mol. The lowest BCUT2D eigenvalue weighted by Crippen LogP contribution is -2.11. The van der Waals surface area contributed by atoms with E-state index in [0.29, 0.717) is 5.57 Å². The minimum atomic E-state index is -0.292. The third kappa shape index (κ3) is 9.75. The number of primary amides is 1. The zero-order valence-electron chi connectivity index (χ0n) is 10.9. The average molecular weight is 225 g/mol. The lowest BCUT2D eigenvalue weighted by molar-refractivity contribution is -0.114. The van der Waals surface area contributed by atoms with E-state index >= 15 is 0 Å². The van der Waals surface area contributed by atoms with Gasteiger partial charge in [-0.2, -0.15) is 0 Å². The van der Waals surface area contributed by atoms with E-state index in [4.69, 9.17) is 5.73 Å². The first kappa shape index (κ1) is 15.2. The fourth-order valence-electron chi connectivity index (χ4n) is 1.70. The first-order chi connectivity index (χ1) is 7.68. The van der Waals surface area contributed by atoms with Crippen molar-refractivity contribution < 1.29 is 4.79 Å². The summed E-state index contributed by atoms with van der Waals surface area (Å²) in [6, 6.07) is 0. The van der Waals surface area contributed by atoms with Crippen LogP contribution in [0.15, 0.2) is 11.6 Å². The standard InChI is InChI=1S/C14H27NO/c1-3-4-5-6-7-8-9-10-11-12-13(2)14(15)16/h12H,3-11H2,1-2H3,(H2,15,16). The first-order valence-electron chi connectivity index (χ1n) is 6.65. The van der Waals surface area contributed by atoms with Crippen LogP contribution in [0.5, 0.6) is 0 Å². The number of rotatable bonds is 10. The molecule has 2 nitrogen and oxygen atoms in total. The zero-order valence-corrected chi connectivity index (χ0v) is 10.9. The van der Waals surface area contributed by atoms with Crippen molar-refractivity contribution in [3.8, 4) is 0 Å². The molecule has 94 valence electrons. The predicted octanol–water partition coefficient (Wildman–Crippen LogP) is 3.95. The van der Waals surface area contributed by atoms with Gasteiger partial charge in [0.1, 0.15) is 0 Å². The van der Waals surface area contributed by atoms with E-state index in [2.05, 4.69) is 6.92 Å². The maximum Gasteiger partial charge on any atom is 0.244 e. The highest BCUT2D eigenvalue weighted by atomic mass is 16.1. The van der Waals surface area contributed by atoms with Crippen LogP contribution in [0.2, 0.25) is 0 Å². The molecule has 0 radical (unpaired) electrons. The maximum absolute atomic E-state index is 10.7. The molecule has 0 aromatic rings. The fourth-order valence-corrected chi connectivity index (χ4v) is 1.70. The summed E-state index contributed by atoms with van der Waals surface area (Å²) < 4.78 is 0. The summed E-state index contributed by atoms with van der Waals surface area (Å²) >= 11 is 0. The van der Waals surface area contributed by atoms with Gasteiger partial charge in [-0.3, -0.25) is 4.79 Å². The van der Waals surface area contributed by atoms with Crippen molar-refractivity contribution in [2.24, 2.45) is 5.73 Å². The van der Waals surface area contributed by atoms with Crippen LogP contribution in [0, 0.1) is 0 Å². The summed E-state index contributed by atoms with van der Waals surface area (Å²) in [5.41, 5.74) is 5.83. The Hall–Kier alpha value is -0.790. The van der Waals surface area contributed by atoms with Crippen LogP contribution in [0.25, 0.3) is 0 Å². The highest BCUT2D eigenvalue weighted by Crippen LogP contribution is 2.10. The Kier molecular flexibility index (Phi) is 10.2. The van der Waals surface area contributed by atoms with Gasteiger partial charge in [-0.1, -0.05) is 57.9 Å². The number of allylic oxidation sites excluding steroid dienone is 1. The molecule has 0 aliphatic rings. The van der Waals surface area contributed by atoms with E-state index in [9.17, 15) is 4.79 Å². The molecule has 0 aliphatic heterocycles. The molecule has 1 amide bonds. The largest absolute Gasteiger partial charge is 0.366 e. The van der Waals surface area contributed by atoms with Crippen molar-refractivity contribution >= 4 is 5.91 Å². The summed E-state index contributed by atoms with van der Waals surface area (Å²) in [6.45, 7) is 4.03. The minimum Gasteiger partial charge on any atom is -0.366 e. The molecule has 0 unspecified atom stereocenters. The van der Waals surface area contributed by atoms with Crippen molar-refractivity contribution in [2.75, 3.05) is 0 Å². The van der Waals surface area contributed by atoms with Gasteiger partial charge in [0.2, 0.25) is 5.91 Å². The second-order valence-electron chi connectivity index (χ2n) is 4.51. The van der Waals surface area contributed by atoms with Crippen LogP contribution in [0.4, 0.5) is 0 Å². The van der Waals surface area contributed by atoms with Gasteiger partial charge in [0.15, 0.2) is 0 Å². The first-order valence-corrected chi connectivity index (χ1v) is 6.65. The smallest absolute Gasteiger partial charge is 0.244 e. The molecule has 0 bridgehead atoms. The summed E-state index contributed by atoms with van der Waals surface area (Å²) in [7, 11) is 0. The quantitative estimate of drug-likeness (QED) is 0.444. The van der Waals surface area contributed by atoms with Crippen molar-refractivity contribution in [1.82, 2.24) is 0 Å². The van der Waals surface area contributed by atoms with Crippen LogP contribution in [-0.4, -0.2) is 5.91 Å². The van der Waals surface area contributed by atoms with Crippen LogP contribution >= 0.6 is 0 Å². The molecule has 0 aromatic carbocycles. The number of carbonyl (C=O) groups is 1. The normalized spacial score (nSPS) is 11.8. The topological polar surface area (TPSA) is 43.1 Å². The molecule has 0 spiro atoms. The molecular formula is C14H27NO. The van der Waals surface area contributed by atoms with Crippen molar-refractivity contribution in [1.29, 1.82) is 0 Å². The van der Waals surface area contributed by atoms with E-state index in [1.807, 2.05) is 6.08 Å². The molecule has 2 N–H and O–H groups in total. The van der Waals surface area contributed by atoms with Crippen molar-refractivity contribution in [3.63, 3.8) is 0 Å². The summed E-state index contributed by atoms with van der Waals surface area (Å²) in [4.78, 5) is 10.7. The molecule has 0 aliphatic carbocycles. The van der Waals surface area contributed by atoms with Gasteiger partial charge in [0.25, 0.3) is 0 Å². The molecule has 0 rings (SSSR count).